The minimum atomic E-state index is -0.646. The van der Waals surface area contributed by atoms with E-state index in [9.17, 15) is 13.6 Å². The molecule has 4 nitrogen and oxygen atoms in total. The maximum absolute atomic E-state index is 13.5. The number of rotatable bonds is 6. The van der Waals surface area contributed by atoms with Crippen LogP contribution >= 0.6 is 0 Å². The van der Waals surface area contributed by atoms with Gasteiger partial charge in [-0.25, -0.2) is 8.78 Å². The lowest BCUT2D eigenvalue weighted by molar-refractivity contribution is -0.132. The second kappa shape index (κ2) is 8.76. The van der Waals surface area contributed by atoms with Gasteiger partial charge in [0.25, 0.3) is 0 Å². The summed E-state index contributed by atoms with van der Waals surface area (Å²) >= 11 is 0. The SMILES string of the molecule is O=C(CCNc1ccc(F)cc1F)N1CCN(Cc2ccccc2)CC1. The summed E-state index contributed by atoms with van der Waals surface area (Å²) in [6, 6.07) is 13.7. The minimum absolute atomic E-state index is 0.0550. The molecule has 0 aliphatic carbocycles. The molecule has 0 saturated carbocycles. The van der Waals surface area contributed by atoms with Gasteiger partial charge in [0.1, 0.15) is 11.6 Å². The van der Waals surface area contributed by atoms with Gasteiger partial charge in [0.15, 0.2) is 0 Å². The third kappa shape index (κ3) is 5.02. The highest BCUT2D eigenvalue weighted by molar-refractivity contribution is 5.76. The molecule has 6 heteroatoms. The van der Waals surface area contributed by atoms with E-state index in [4.69, 9.17) is 0 Å². The van der Waals surface area contributed by atoms with Crippen molar-refractivity contribution in [1.82, 2.24) is 9.80 Å². The molecule has 0 bridgehead atoms. The molecule has 0 unspecified atom stereocenters. The average molecular weight is 359 g/mol. The van der Waals surface area contributed by atoms with Crippen molar-refractivity contribution in [3.8, 4) is 0 Å². The van der Waals surface area contributed by atoms with E-state index in [0.717, 1.165) is 25.7 Å². The molecule has 0 atom stereocenters. The second-order valence-corrected chi connectivity index (χ2v) is 6.44. The zero-order chi connectivity index (χ0) is 18.4. The molecule has 0 aromatic heterocycles. The van der Waals surface area contributed by atoms with E-state index in [2.05, 4.69) is 22.3 Å². The molecule has 1 heterocycles. The fourth-order valence-electron chi connectivity index (χ4n) is 3.09. The molecule has 2 aromatic carbocycles. The summed E-state index contributed by atoms with van der Waals surface area (Å²) in [5, 5.41) is 2.85. The first-order chi connectivity index (χ1) is 12.6. The van der Waals surface area contributed by atoms with Gasteiger partial charge in [-0.1, -0.05) is 30.3 Å². The van der Waals surface area contributed by atoms with Crippen molar-refractivity contribution in [3.63, 3.8) is 0 Å². The fourth-order valence-corrected chi connectivity index (χ4v) is 3.09. The lowest BCUT2D eigenvalue weighted by Gasteiger charge is -2.34. The zero-order valence-corrected chi connectivity index (χ0v) is 14.6. The molecule has 0 spiro atoms. The molecule has 1 N–H and O–H groups in total. The summed E-state index contributed by atoms with van der Waals surface area (Å²) in [5.74, 6) is -1.20. The third-order valence-electron chi connectivity index (χ3n) is 4.56. The predicted octanol–water partition coefficient (Wildman–Crippen LogP) is 3.11. The van der Waals surface area contributed by atoms with E-state index in [-0.39, 0.29) is 18.0 Å². The number of hydrogen-bond donors (Lipinski definition) is 1. The number of amides is 1. The Morgan fingerprint density at radius 2 is 1.73 bits per heavy atom. The Kier molecular flexibility index (Phi) is 6.17. The first-order valence-electron chi connectivity index (χ1n) is 8.85. The quantitative estimate of drug-likeness (QED) is 0.861. The van der Waals surface area contributed by atoms with Crippen molar-refractivity contribution < 1.29 is 13.6 Å². The van der Waals surface area contributed by atoms with E-state index in [0.29, 0.717) is 19.6 Å². The van der Waals surface area contributed by atoms with Gasteiger partial charge in [-0.15, -0.1) is 0 Å². The van der Waals surface area contributed by atoms with Crippen molar-refractivity contribution in [1.29, 1.82) is 0 Å². The smallest absolute Gasteiger partial charge is 0.224 e. The number of piperazine rings is 1. The van der Waals surface area contributed by atoms with Crippen LogP contribution in [0.3, 0.4) is 0 Å². The predicted molar refractivity (Wildman–Crippen MR) is 97.8 cm³/mol. The van der Waals surface area contributed by atoms with Crippen LogP contribution in [0.4, 0.5) is 14.5 Å². The highest BCUT2D eigenvalue weighted by atomic mass is 19.1. The molecule has 138 valence electrons. The standard InChI is InChI=1S/C20H23F2N3O/c21-17-6-7-19(18(22)14-17)23-9-8-20(26)25-12-10-24(11-13-25)15-16-4-2-1-3-5-16/h1-7,14,23H,8-13,15H2. The topological polar surface area (TPSA) is 35.6 Å². The van der Waals surface area contributed by atoms with Gasteiger partial charge in [0.2, 0.25) is 5.91 Å². The number of nitrogens with one attached hydrogen (secondary N) is 1. The number of carbonyl (C=O) groups is 1. The van der Waals surface area contributed by atoms with E-state index < -0.39 is 11.6 Å². The number of nitrogens with zero attached hydrogens (tertiary/aromatic N) is 2. The van der Waals surface area contributed by atoms with Crippen LogP contribution in [-0.2, 0) is 11.3 Å². The van der Waals surface area contributed by atoms with Crippen LogP contribution in [0, 0.1) is 11.6 Å². The van der Waals surface area contributed by atoms with Gasteiger partial charge in [-0.2, -0.15) is 0 Å². The molecule has 1 amide bonds. The zero-order valence-electron chi connectivity index (χ0n) is 14.6. The summed E-state index contributed by atoms with van der Waals surface area (Å²) < 4.78 is 26.4. The molecule has 1 saturated heterocycles. The lowest BCUT2D eigenvalue weighted by atomic mass is 10.2. The summed E-state index contributed by atoms with van der Waals surface area (Å²) in [5.41, 5.74) is 1.49. The highest BCUT2D eigenvalue weighted by Crippen LogP contribution is 2.15. The Bertz CT molecular complexity index is 731. The van der Waals surface area contributed by atoms with Crippen LogP contribution in [0.1, 0.15) is 12.0 Å². The van der Waals surface area contributed by atoms with Crippen molar-refractivity contribution in [2.75, 3.05) is 38.0 Å². The Morgan fingerprint density at radius 3 is 2.42 bits per heavy atom. The molecule has 1 aliphatic rings. The van der Waals surface area contributed by atoms with E-state index in [1.165, 1.54) is 17.7 Å². The van der Waals surface area contributed by atoms with Gasteiger partial charge < -0.3 is 10.2 Å². The summed E-state index contributed by atoms with van der Waals surface area (Å²) in [6.07, 6.45) is 0.287. The highest BCUT2D eigenvalue weighted by Gasteiger charge is 2.20. The monoisotopic (exact) mass is 359 g/mol. The second-order valence-electron chi connectivity index (χ2n) is 6.44. The molecular weight excluding hydrogens is 336 g/mol. The van der Waals surface area contributed by atoms with E-state index >= 15 is 0 Å². The Hall–Kier alpha value is -2.47. The normalized spacial score (nSPS) is 15.1. The first-order valence-corrected chi connectivity index (χ1v) is 8.85. The van der Waals surface area contributed by atoms with Crippen LogP contribution in [0.5, 0.6) is 0 Å². The van der Waals surface area contributed by atoms with Gasteiger partial charge in [-0.3, -0.25) is 9.69 Å². The van der Waals surface area contributed by atoms with Crippen LogP contribution in [0.2, 0.25) is 0 Å². The molecular formula is C20H23F2N3O. The molecule has 0 radical (unpaired) electrons. The maximum atomic E-state index is 13.5. The Balaban J connectivity index is 1.39. The minimum Gasteiger partial charge on any atom is -0.382 e. The molecule has 1 aliphatic heterocycles. The van der Waals surface area contributed by atoms with Crippen LogP contribution < -0.4 is 5.32 Å². The van der Waals surface area contributed by atoms with Crippen LogP contribution in [0.15, 0.2) is 48.5 Å². The number of anilines is 1. The lowest BCUT2D eigenvalue weighted by Crippen LogP contribution is -2.48. The van der Waals surface area contributed by atoms with E-state index in [1.807, 2.05) is 23.1 Å². The van der Waals surface area contributed by atoms with Crippen LogP contribution in [0.25, 0.3) is 0 Å². The number of carbonyl (C=O) groups excluding carboxylic acids is 1. The molecule has 3 rings (SSSR count). The van der Waals surface area contributed by atoms with Gasteiger partial charge in [0.05, 0.1) is 5.69 Å². The number of halogens is 2. The largest absolute Gasteiger partial charge is 0.382 e. The summed E-state index contributed by atoms with van der Waals surface area (Å²) in [6.45, 7) is 4.33. The molecule has 26 heavy (non-hydrogen) atoms. The Labute approximate surface area is 152 Å². The fraction of sp³-hybridized carbons (Fsp3) is 0.350. The maximum Gasteiger partial charge on any atom is 0.224 e. The van der Waals surface area contributed by atoms with Gasteiger partial charge in [0, 0.05) is 51.8 Å². The number of benzene rings is 2. The van der Waals surface area contributed by atoms with Crippen molar-refractivity contribution >= 4 is 11.6 Å². The number of hydrogen-bond acceptors (Lipinski definition) is 3. The molecule has 2 aromatic rings. The van der Waals surface area contributed by atoms with Crippen molar-refractivity contribution in [2.45, 2.75) is 13.0 Å². The molecule has 1 fully saturated rings. The Morgan fingerprint density at radius 1 is 1.00 bits per heavy atom. The van der Waals surface area contributed by atoms with Gasteiger partial charge >= 0.3 is 0 Å². The third-order valence-corrected chi connectivity index (χ3v) is 4.56. The van der Waals surface area contributed by atoms with Crippen molar-refractivity contribution in [2.24, 2.45) is 0 Å². The van der Waals surface area contributed by atoms with Crippen LogP contribution in [-0.4, -0.2) is 48.4 Å². The summed E-state index contributed by atoms with van der Waals surface area (Å²) in [7, 11) is 0. The summed E-state index contributed by atoms with van der Waals surface area (Å²) in [4.78, 5) is 16.5. The first kappa shape index (κ1) is 18.3. The van der Waals surface area contributed by atoms with Crippen molar-refractivity contribution in [3.05, 3.63) is 65.7 Å². The average Bonchev–Trinajstić information content (AvgIpc) is 2.65. The van der Waals surface area contributed by atoms with E-state index in [1.54, 1.807) is 0 Å². The van der Waals surface area contributed by atoms with Gasteiger partial charge in [-0.05, 0) is 17.7 Å².